The Hall–Kier alpha value is -2.74. The number of hydrogen-bond acceptors (Lipinski definition) is 4. The second-order valence-electron chi connectivity index (χ2n) is 5.85. The van der Waals surface area contributed by atoms with Gasteiger partial charge in [0.15, 0.2) is 0 Å². The molecule has 0 spiro atoms. The van der Waals surface area contributed by atoms with Crippen molar-refractivity contribution in [1.82, 2.24) is 20.7 Å². The molecule has 1 saturated heterocycles. The molecule has 1 fully saturated rings. The van der Waals surface area contributed by atoms with Crippen molar-refractivity contribution in [3.8, 4) is 0 Å². The van der Waals surface area contributed by atoms with Gasteiger partial charge in [-0.3, -0.25) is 30.2 Å². The summed E-state index contributed by atoms with van der Waals surface area (Å²) in [5.74, 6) is -1.07. The van der Waals surface area contributed by atoms with E-state index >= 15 is 0 Å². The molecule has 1 aliphatic heterocycles. The number of nitrogens with one attached hydrogen (secondary N) is 2. The van der Waals surface area contributed by atoms with Crippen LogP contribution in [-0.2, 0) is 4.79 Å². The number of amides is 3. The van der Waals surface area contributed by atoms with Crippen LogP contribution in [0.5, 0.6) is 0 Å². The Labute approximate surface area is 158 Å². The number of hydrogen-bond donors (Lipinski definition) is 2. The maximum absolute atomic E-state index is 12.7. The summed E-state index contributed by atoms with van der Waals surface area (Å²) in [6.45, 7) is 0.504. The Morgan fingerprint density at radius 1 is 1.08 bits per heavy atom. The van der Waals surface area contributed by atoms with Gasteiger partial charge in [-0.05, 0) is 49.2 Å². The summed E-state index contributed by atoms with van der Waals surface area (Å²) in [5, 5.41) is 0. The molecular weight excluding hydrogens is 400 g/mol. The van der Waals surface area contributed by atoms with Gasteiger partial charge in [0.25, 0.3) is 17.7 Å². The van der Waals surface area contributed by atoms with Gasteiger partial charge in [-0.15, -0.1) is 0 Å². The van der Waals surface area contributed by atoms with Crippen molar-refractivity contribution in [3.05, 3.63) is 64.4 Å². The van der Waals surface area contributed by atoms with Crippen LogP contribution in [0.4, 0.5) is 0 Å². The lowest BCUT2D eigenvalue weighted by atomic mass is 10.1. The topological polar surface area (TPSA) is 91.4 Å². The van der Waals surface area contributed by atoms with E-state index in [1.165, 1.54) is 11.1 Å². The number of nitrogens with zero attached hydrogens (tertiary/aromatic N) is 2. The van der Waals surface area contributed by atoms with Gasteiger partial charge in [-0.1, -0.05) is 15.9 Å². The van der Waals surface area contributed by atoms with Gasteiger partial charge in [-0.2, -0.15) is 0 Å². The molecule has 3 amide bonds. The molecule has 2 N–H and O–H groups in total. The summed E-state index contributed by atoms with van der Waals surface area (Å²) in [5.41, 5.74) is 5.62. The number of carbonyl (C=O) groups is 3. The van der Waals surface area contributed by atoms with Crippen molar-refractivity contribution >= 4 is 33.7 Å². The average Bonchev–Trinajstić information content (AvgIpc) is 3.16. The number of carbonyl (C=O) groups excluding carboxylic acids is 3. The number of halogens is 1. The number of hydrazine groups is 1. The van der Waals surface area contributed by atoms with Crippen molar-refractivity contribution in [2.24, 2.45) is 0 Å². The van der Waals surface area contributed by atoms with Crippen LogP contribution in [0.2, 0.25) is 0 Å². The first-order valence-electron chi connectivity index (χ1n) is 8.13. The molecule has 0 aliphatic carbocycles. The van der Waals surface area contributed by atoms with Crippen LogP contribution in [0.3, 0.4) is 0 Å². The van der Waals surface area contributed by atoms with Crippen LogP contribution in [0, 0.1) is 0 Å². The van der Waals surface area contributed by atoms with E-state index < -0.39 is 17.9 Å². The third-order valence-electron chi connectivity index (χ3n) is 4.13. The van der Waals surface area contributed by atoms with Gasteiger partial charge in [0, 0.05) is 29.0 Å². The van der Waals surface area contributed by atoms with Gasteiger partial charge < -0.3 is 4.90 Å². The van der Waals surface area contributed by atoms with E-state index in [1.54, 1.807) is 42.6 Å². The minimum atomic E-state index is -0.611. The van der Waals surface area contributed by atoms with Crippen LogP contribution in [0.1, 0.15) is 33.6 Å². The van der Waals surface area contributed by atoms with E-state index in [1.807, 2.05) is 0 Å². The van der Waals surface area contributed by atoms with Crippen LogP contribution in [-0.4, -0.2) is 40.2 Å². The van der Waals surface area contributed by atoms with Gasteiger partial charge in [0.2, 0.25) is 0 Å². The number of aromatic nitrogens is 1. The predicted molar refractivity (Wildman–Crippen MR) is 98.0 cm³/mol. The molecule has 0 bridgehead atoms. The molecule has 1 aromatic heterocycles. The Kier molecular flexibility index (Phi) is 5.62. The van der Waals surface area contributed by atoms with Crippen LogP contribution >= 0.6 is 15.9 Å². The predicted octanol–water partition coefficient (Wildman–Crippen LogP) is 1.91. The maximum Gasteiger partial charge on any atom is 0.271 e. The highest BCUT2D eigenvalue weighted by molar-refractivity contribution is 9.10. The van der Waals surface area contributed by atoms with E-state index in [0.29, 0.717) is 24.1 Å². The zero-order valence-electron chi connectivity index (χ0n) is 13.8. The first-order valence-corrected chi connectivity index (χ1v) is 8.92. The quantitative estimate of drug-likeness (QED) is 0.747. The normalized spacial score (nSPS) is 16.2. The molecule has 1 atom stereocenters. The third kappa shape index (κ3) is 4.08. The second-order valence-corrected chi connectivity index (χ2v) is 6.76. The van der Waals surface area contributed by atoms with Crippen LogP contribution in [0.15, 0.2) is 53.3 Å². The highest BCUT2D eigenvalue weighted by Gasteiger charge is 2.34. The lowest BCUT2D eigenvalue weighted by molar-refractivity contribution is -0.125. The molecule has 1 aromatic carbocycles. The first-order chi connectivity index (χ1) is 12.6. The van der Waals surface area contributed by atoms with Crippen LogP contribution < -0.4 is 10.9 Å². The summed E-state index contributed by atoms with van der Waals surface area (Å²) in [4.78, 5) is 42.5. The van der Waals surface area contributed by atoms with Crippen molar-refractivity contribution in [1.29, 1.82) is 0 Å². The summed E-state index contributed by atoms with van der Waals surface area (Å²) in [6.07, 6.45) is 4.24. The highest BCUT2D eigenvalue weighted by atomic mass is 79.9. The van der Waals surface area contributed by atoms with E-state index in [4.69, 9.17) is 0 Å². The largest absolute Gasteiger partial charge is 0.327 e. The lowest BCUT2D eigenvalue weighted by Crippen LogP contribution is -2.51. The Morgan fingerprint density at radius 3 is 2.54 bits per heavy atom. The van der Waals surface area contributed by atoms with E-state index in [2.05, 4.69) is 31.8 Å². The van der Waals surface area contributed by atoms with E-state index in [0.717, 1.165) is 10.9 Å². The number of likely N-dealkylation sites (tertiary alicyclic amines) is 1. The zero-order valence-corrected chi connectivity index (χ0v) is 15.4. The Morgan fingerprint density at radius 2 is 1.85 bits per heavy atom. The molecule has 3 rings (SSSR count). The number of pyridine rings is 1. The van der Waals surface area contributed by atoms with Crippen LogP contribution in [0.25, 0.3) is 0 Å². The molecular formula is C18H17BrN4O3. The fourth-order valence-corrected chi connectivity index (χ4v) is 3.08. The summed E-state index contributed by atoms with van der Waals surface area (Å²) in [7, 11) is 0. The third-order valence-corrected chi connectivity index (χ3v) is 4.66. The standard InChI is InChI=1S/C18H17BrN4O3/c19-14-7-5-12(6-8-14)18(26)23-10-2-4-15(23)17(25)22-21-16(24)13-3-1-9-20-11-13/h1,3,5-9,11,15H,2,4,10H2,(H,21,24)(H,22,25). The minimum absolute atomic E-state index is 0.200. The fourth-order valence-electron chi connectivity index (χ4n) is 2.81. The number of rotatable bonds is 3. The van der Waals surface area contributed by atoms with Gasteiger partial charge in [0.05, 0.1) is 5.56 Å². The molecule has 1 unspecified atom stereocenters. The lowest BCUT2D eigenvalue weighted by Gasteiger charge is -2.24. The van der Waals surface area contributed by atoms with E-state index in [9.17, 15) is 14.4 Å². The average molecular weight is 417 g/mol. The summed E-state index contributed by atoms with van der Waals surface area (Å²) < 4.78 is 0.878. The molecule has 134 valence electrons. The van der Waals surface area contributed by atoms with Crippen molar-refractivity contribution in [3.63, 3.8) is 0 Å². The first kappa shape index (κ1) is 18.1. The van der Waals surface area contributed by atoms with Gasteiger partial charge in [0.1, 0.15) is 6.04 Å². The number of benzene rings is 1. The minimum Gasteiger partial charge on any atom is -0.327 e. The Balaban J connectivity index is 1.62. The fraction of sp³-hybridized carbons (Fsp3) is 0.222. The molecule has 0 radical (unpaired) electrons. The molecule has 2 aromatic rings. The van der Waals surface area contributed by atoms with Crippen molar-refractivity contribution < 1.29 is 14.4 Å². The monoisotopic (exact) mass is 416 g/mol. The van der Waals surface area contributed by atoms with Crippen molar-refractivity contribution in [2.45, 2.75) is 18.9 Å². The molecule has 8 heteroatoms. The van der Waals surface area contributed by atoms with E-state index in [-0.39, 0.29) is 5.91 Å². The SMILES string of the molecule is O=C(NNC(=O)C1CCCN1C(=O)c1ccc(Br)cc1)c1cccnc1. The molecule has 0 saturated carbocycles. The maximum atomic E-state index is 12.7. The zero-order chi connectivity index (χ0) is 18.5. The smallest absolute Gasteiger partial charge is 0.271 e. The van der Waals surface area contributed by atoms with Gasteiger partial charge >= 0.3 is 0 Å². The molecule has 2 heterocycles. The molecule has 1 aliphatic rings. The summed E-state index contributed by atoms with van der Waals surface area (Å²) in [6, 6.07) is 9.60. The highest BCUT2D eigenvalue weighted by Crippen LogP contribution is 2.21. The van der Waals surface area contributed by atoms with Crippen molar-refractivity contribution in [2.75, 3.05) is 6.54 Å². The summed E-state index contributed by atoms with van der Waals surface area (Å²) >= 11 is 3.33. The molecule has 26 heavy (non-hydrogen) atoms. The second kappa shape index (κ2) is 8.09. The van der Waals surface area contributed by atoms with Gasteiger partial charge in [-0.25, -0.2) is 0 Å². The Bertz CT molecular complexity index is 811. The molecule has 7 nitrogen and oxygen atoms in total.